The predicted octanol–water partition coefficient (Wildman–Crippen LogP) is 5.96. The number of anilines is 1. The van der Waals surface area contributed by atoms with Gasteiger partial charge in [-0.15, -0.1) is 16.4 Å². The first-order valence-corrected chi connectivity index (χ1v) is 15.8. The fourth-order valence-corrected chi connectivity index (χ4v) is 7.16. The Kier molecular flexibility index (Phi) is 7.54. The lowest BCUT2D eigenvalue weighted by Gasteiger charge is -2.33. The van der Waals surface area contributed by atoms with E-state index in [4.69, 9.17) is 28.9 Å². The average Bonchev–Trinajstić information content (AvgIpc) is 3.83. The van der Waals surface area contributed by atoms with Gasteiger partial charge < -0.3 is 23.5 Å². The number of nitriles is 1. The maximum Gasteiger partial charge on any atom is 0.294 e. The van der Waals surface area contributed by atoms with E-state index < -0.39 is 0 Å². The predicted molar refractivity (Wildman–Crippen MR) is 166 cm³/mol. The molecule has 1 aliphatic rings. The summed E-state index contributed by atoms with van der Waals surface area (Å²) in [6.45, 7) is 3.93. The molecule has 0 N–H and O–H groups in total. The van der Waals surface area contributed by atoms with Crippen LogP contribution in [0.4, 0.5) is 5.13 Å². The maximum absolute atomic E-state index is 9.01. The summed E-state index contributed by atoms with van der Waals surface area (Å²) in [4.78, 5) is 13.7. The molecule has 0 radical (unpaired) electrons. The normalized spacial score (nSPS) is 13.9. The van der Waals surface area contributed by atoms with Gasteiger partial charge in [-0.05, 0) is 53.6 Å². The summed E-state index contributed by atoms with van der Waals surface area (Å²) in [5, 5.41) is 17.8. The summed E-state index contributed by atoms with van der Waals surface area (Å²) in [7, 11) is 3.20. The molecule has 0 unspecified atom stereocenters. The van der Waals surface area contributed by atoms with Gasteiger partial charge in [0.1, 0.15) is 29.4 Å². The molecule has 0 spiro atoms. The lowest BCUT2D eigenvalue weighted by Crippen LogP contribution is -2.43. The molecule has 2 aromatic carbocycles. The number of hydrogen-bond acceptors (Lipinski definition) is 13. The summed E-state index contributed by atoms with van der Waals surface area (Å²) in [6.07, 6.45) is 1.81. The summed E-state index contributed by atoms with van der Waals surface area (Å²) < 4.78 is 27.2. The lowest BCUT2D eigenvalue weighted by atomic mass is 10.2. The van der Waals surface area contributed by atoms with Crippen molar-refractivity contribution in [2.45, 2.75) is 11.5 Å². The van der Waals surface area contributed by atoms with E-state index in [1.165, 1.54) is 11.3 Å². The average molecular weight is 632 g/mol. The number of ether oxygens (including phenoxy) is 3. The van der Waals surface area contributed by atoms with Crippen molar-refractivity contribution < 1.29 is 18.6 Å². The summed E-state index contributed by atoms with van der Waals surface area (Å²) >= 11 is 4.72. The summed E-state index contributed by atoms with van der Waals surface area (Å²) in [5.41, 5.74) is 2.85. The molecular weight excluding hydrogens is 607 g/mol. The van der Waals surface area contributed by atoms with E-state index >= 15 is 0 Å². The first kappa shape index (κ1) is 27.5. The SMILES string of the molecule is COc1cc(OCc2csc(N3CCN(Sc4ccc(C#N)cc4)CC3)n2)c2cc(-c3cn4nc(OC)sc4n3)oc2c1. The van der Waals surface area contributed by atoms with Gasteiger partial charge in [0.25, 0.3) is 5.19 Å². The van der Waals surface area contributed by atoms with Gasteiger partial charge >= 0.3 is 0 Å². The highest BCUT2D eigenvalue weighted by Gasteiger charge is 2.21. The van der Waals surface area contributed by atoms with Crippen LogP contribution in [-0.4, -0.2) is 64.3 Å². The zero-order chi connectivity index (χ0) is 29.3. The Morgan fingerprint density at radius 1 is 1.05 bits per heavy atom. The molecule has 5 heterocycles. The number of nitrogens with zero attached hydrogens (tertiary/aromatic N) is 7. The van der Waals surface area contributed by atoms with Gasteiger partial charge in [0.15, 0.2) is 10.9 Å². The number of hydrogen-bond donors (Lipinski definition) is 0. The van der Waals surface area contributed by atoms with Gasteiger partial charge in [0, 0.05) is 48.6 Å². The third-order valence-electron chi connectivity index (χ3n) is 6.90. The Bertz CT molecular complexity index is 1900. The smallest absolute Gasteiger partial charge is 0.294 e. The molecule has 218 valence electrons. The molecule has 4 aromatic heterocycles. The van der Waals surface area contributed by atoms with Gasteiger partial charge in [0.05, 0.1) is 43.1 Å². The van der Waals surface area contributed by atoms with E-state index in [2.05, 4.69) is 25.4 Å². The van der Waals surface area contributed by atoms with Crippen molar-refractivity contribution in [1.82, 2.24) is 23.9 Å². The number of fused-ring (bicyclic) bond motifs is 2. The first-order valence-electron chi connectivity index (χ1n) is 13.4. The van der Waals surface area contributed by atoms with Crippen LogP contribution >= 0.6 is 34.6 Å². The monoisotopic (exact) mass is 631 g/mol. The van der Waals surface area contributed by atoms with E-state index in [0.717, 1.165) is 47.3 Å². The third-order valence-corrected chi connectivity index (χ3v) is 9.84. The molecule has 7 rings (SSSR count). The Hall–Kier alpha value is -4.29. The van der Waals surface area contributed by atoms with Crippen molar-refractivity contribution in [3.63, 3.8) is 0 Å². The zero-order valence-corrected chi connectivity index (χ0v) is 25.7. The minimum atomic E-state index is 0.317. The van der Waals surface area contributed by atoms with Crippen LogP contribution in [0.3, 0.4) is 0 Å². The zero-order valence-electron chi connectivity index (χ0n) is 23.2. The Labute approximate surface area is 259 Å². The van der Waals surface area contributed by atoms with E-state index in [9.17, 15) is 0 Å². The van der Waals surface area contributed by atoms with Crippen LogP contribution in [-0.2, 0) is 6.61 Å². The van der Waals surface area contributed by atoms with Crippen molar-refractivity contribution >= 4 is 55.7 Å². The van der Waals surface area contributed by atoms with Gasteiger partial charge in [-0.2, -0.15) is 5.26 Å². The minimum Gasteiger partial charge on any atom is -0.496 e. The van der Waals surface area contributed by atoms with Crippen molar-refractivity contribution in [2.75, 3.05) is 45.3 Å². The molecule has 6 aromatic rings. The molecule has 0 amide bonds. The molecule has 14 heteroatoms. The van der Waals surface area contributed by atoms with Gasteiger partial charge in [-0.1, -0.05) is 0 Å². The van der Waals surface area contributed by atoms with Gasteiger partial charge in [-0.3, -0.25) is 0 Å². The Balaban J connectivity index is 1.01. The quantitative estimate of drug-likeness (QED) is 0.176. The Morgan fingerprint density at radius 3 is 2.63 bits per heavy atom. The fourth-order valence-electron chi connectivity index (χ4n) is 4.70. The number of thiazole rings is 1. The van der Waals surface area contributed by atoms with Crippen molar-refractivity contribution in [2.24, 2.45) is 0 Å². The molecule has 0 atom stereocenters. The number of methoxy groups -OCH3 is 2. The number of piperazine rings is 1. The second-order valence-electron chi connectivity index (χ2n) is 9.63. The first-order chi connectivity index (χ1) is 21.1. The standard InChI is InChI=1S/C29H25N7O4S3/c1-37-20-11-24(22-13-26(40-25(22)12-20)23-15-36-28(32-23)42-29(33-36)38-2)39-16-19-17-41-27(31-19)34-7-9-35(10-8-34)43-21-5-3-18(14-30)4-6-21/h3-6,11-13,15,17H,7-10,16H2,1-2H3. The highest BCUT2D eigenvalue weighted by molar-refractivity contribution is 7.97. The maximum atomic E-state index is 9.01. The largest absolute Gasteiger partial charge is 0.496 e. The number of aromatic nitrogens is 4. The number of furan rings is 1. The highest BCUT2D eigenvalue weighted by atomic mass is 32.2. The second-order valence-corrected chi connectivity index (χ2v) is 12.6. The van der Waals surface area contributed by atoms with E-state index in [1.807, 2.05) is 54.0 Å². The van der Waals surface area contributed by atoms with Crippen LogP contribution in [0.15, 0.2) is 63.4 Å². The summed E-state index contributed by atoms with van der Waals surface area (Å²) in [6, 6.07) is 15.5. The Morgan fingerprint density at radius 2 is 1.88 bits per heavy atom. The van der Waals surface area contributed by atoms with Crippen LogP contribution in [0.2, 0.25) is 0 Å². The van der Waals surface area contributed by atoms with Crippen LogP contribution in [0.1, 0.15) is 11.3 Å². The molecule has 0 bridgehead atoms. The second kappa shape index (κ2) is 11.8. The van der Waals surface area contributed by atoms with Crippen LogP contribution in [0, 0.1) is 11.3 Å². The molecule has 11 nitrogen and oxygen atoms in total. The molecule has 43 heavy (non-hydrogen) atoms. The van der Waals surface area contributed by atoms with Gasteiger partial charge in [0.2, 0.25) is 4.96 Å². The minimum absolute atomic E-state index is 0.317. The fraction of sp³-hybridized carbons (Fsp3) is 0.241. The van der Waals surface area contributed by atoms with Gasteiger partial charge in [-0.25, -0.2) is 18.8 Å². The molecule has 1 aliphatic heterocycles. The molecular formula is C29H25N7O4S3. The van der Waals surface area contributed by atoms with Crippen molar-refractivity contribution in [1.29, 1.82) is 5.26 Å². The van der Waals surface area contributed by atoms with Crippen LogP contribution in [0.5, 0.6) is 16.7 Å². The highest BCUT2D eigenvalue weighted by Crippen LogP contribution is 2.38. The molecule has 1 saturated heterocycles. The molecule has 0 aliphatic carbocycles. The lowest BCUT2D eigenvalue weighted by molar-refractivity contribution is 0.303. The van der Waals surface area contributed by atoms with E-state index in [1.54, 1.807) is 42.0 Å². The van der Waals surface area contributed by atoms with Crippen molar-refractivity contribution in [3.05, 3.63) is 65.3 Å². The third kappa shape index (κ3) is 5.72. The van der Waals surface area contributed by atoms with Crippen molar-refractivity contribution in [3.8, 4) is 34.2 Å². The van der Waals surface area contributed by atoms with E-state index in [0.29, 0.717) is 50.9 Å². The number of benzene rings is 2. The summed E-state index contributed by atoms with van der Waals surface area (Å²) in [5.74, 6) is 1.89. The number of imidazole rings is 1. The topological polar surface area (TPSA) is 114 Å². The number of rotatable bonds is 9. The van der Waals surface area contributed by atoms with E-state index in [-0.39, 0.29) is 0 Å². The molecule has 1 fully saturated rings. The van der Waals surface area contributed by atoms with Crippen LogP contribution < -0.4 is 19.1 Å². The molecule has 0 saturated carbocycles. The van der Waals surface area contributed by atoms with Crippen LogP contribution in [0.25, 0.3) is 27.4 Å².